The number of aromatic nitrogens is 2. The van der Waals surface area contributed by atoms with Crippen LogP contribution in [0.5, 0.6) is 0 Å². The third-order valence-corrected chi connectivity index (χ3v) is 4.22. The molecule has 1 aromatic heterocycles. The standard InChI is InChI=1S/C19H20ClN3O/c1-14(9-10-15(2)20)12-23-17-7-4-3-6-16(17)21-18(23)13-22-11-5-8-19(22)24/h3-4,6-7,9-10H,1-2,5,8,11-13H2. The Morgan fingerprint density at radius 2 is 2.08 bits per heavy atom. The number of carbonyl (C=O) groups excluding carboxylic acids is 1. The number of allylic oxidation sites excluding steroid dienone is 4. The Morgan fingerprint density at radius 1 is 1.29 bits per heavy atom. The lowest BCUT2D eigenvalue weighted by molar-refractivity contribution is -0.128. The van der Waals surface area contributed by atoms with Crippen molar-refractivity contribution in [1.29, 1.82) is 0 Å². The molecule has 0 unspecified atom stereocenters. The number of halogens is 1. The first-order valence-electron chi connectivity index (χ1n) is 7.97. The SMILES string of the molecule is C=C(Cl)C=CC(=C)Cn1c(CN2CCCC2=O)nc2ccccc21. The first kappa shape index (κ1) is 16.5. The van der Waals surface area contributed by atoms with Crippen LogP contribution in [0.4, 0.5) is 0 Å². The van der Waals surface area contributed by atoms with Crippen molar-refractivity contribution in [2.24, 2.45) is 0 Å². The van der Waals surface area contributed by atoms with Gasteiger partial charge in [0.1, 0.15) is 5.82 Å². The molecule has 24 heavy (non-hydrogen) atoms. The van der Waals surface area contributed by atoms with Gasteiger partial charge in [0.2, 0.25) is 5.91 Å². The quantitative estimate of drug-likeness (QED) is 0.744. The second kappa shape index (κ2) is 7.05. The third-order valence-electron chi connectivity index (χ3n) is 4.10. The number of hydrogen-bond acceptors (Lipinski definition) is 2. The molecule has 2 heterocycles. The molecule has 1 amide bonds. The topological polar surface area (TPSA) is 38.1 Å². The van der Waals surface area contributed by atoms with E-state index >= 15 is 0 Å². The maximum absolute atomic E-state index is 11.9. The lowest BCUT2D eigenvalue weighted by atomic mass is 10.2. The highest BCUT2D eigenvalue weighted by Gasteiger charge is 2.22. The van der Waals surface area contributed by atoms with Gasteiger partial charge in [0.15, 0.2) is 0 Å². The molecule has 0 spiro atoms. The second-order valence-electron chi connectivity index (χ2n) is 5.96. The normalized spacial score (nSPS) is 14.9. The molecule has 1 saturated heterocycles. The summed E-state index contributed by atoms with van der Waals surface area (Å²) in [4.78, 5) is 18.5. The van der Waals surface area contributed by atoms with E-state index in [0.29, 0.717) is 24.5 Å². The monoisotopic (exact) mass is 341 g/mol. The number of amides is 1. The summed E-state index contributed by atoms with van der Waals surface area (Å²) in [5.74, 6) is 1.08. The minimum atomic E-state index is 0.200. The number of hydrogen-bond donors (Lipinski definition) is 0. The first-order chi connectivity index (χ1) is 11.5. The van der Waals surface area contributed by atoms with E-state index in [1.54, 1.807) is 6.08 Å². The molecule has 4 nitrogen and oxygen atoms in total. The molecule has 0 N–H and O–H groups in total. The highest BCUT2D eigenvalue weighted by molar-refractivity contribution is 6.30. The summed E-state index contributed by atoms with van der Waals surface area (Å²) in [7, 11) is 0. The number of nitrogens with zero attached hydrogens (tertiary/aromatic N) is 3. The van der Waals surface area contributed by atoms with E-state index in [-0.39, 0.29) is 5.91 Å². The molecule has 0 radical (unpaired) electrons. The Morgan fingerprint density at radius 3 is 2.79 bits per heavy atom. The molecule has 1 fully saturated rings. The van der Waals surface area contributed by atoms with Crippen molar-refractivity contribution in [2.75, 3.05) is 6.54 Å². The van der Waals surface area contributed by atoms with Gasteiger partial charge in [0.05, 0.1) is 17.6 Å². The van der Waals surface area contributed by atoms with Crippen molar-refractivity contribution < 1.29 is 4.79 Å². The summed E-state index contributed by atoms with van der Waals surface area (Å²) in [6.07, 6.45) is 5.14. The number of benzene rings is 1. The van der Waals surface area contributed by atoms with Crippen LogP contribution < -0.4 is 0 Å². The van der Waals surface area contributed by atoms with Crippen molar-refractivity contribution in [3.05, 3.63) is 66.0 Å². The molecule has 1 aromatic carbocycles. The molecule has 1 aliphatic heterocycles. The van der Waals surface area contributed by atoms with E-state index in [1.165, 1.54) is 0 Å². The Balaban J connectivity index is 1.91. The van der Waals surface area contributed by atoms with E-state index in [0.717, 1.165) is 35.4 Å². The van der Waals surface area contributed by atoms with Gasteiger partial charge in [-0.1, -0.05) is 43.0 Å². The van der Waals surface area contributed by atoms with Crippen LogP contribution in [0, 0.1) is 0 Å². The summed E-state index contributed by atoms with van der Waals surface area (Å²) in [6.45, 7) is 9.65. The van der Waals surface area contributed by atoms with Gasteiger partial charge in [-0.15, -0.1) is 0 Å². The minimum absolute atomic E-state index is 0.200. The summed E-state index contributed by atoms with van der Waals surface area (Å²) < 4.78 is 2.12. The fourth-order valence-electron chi connectivity index (χ4n) is 2.93. The minimum Gasteiger partial charge on any atom is -0.335 e. The second-order valence-corrected chi connectivity index (χ2v) is 6.45. The summed E-state index contributed by atoms with van der Waals surface area (Å²) in [5, 5.41) is 0.467. The van der Waals surface area contributed by atoms with Gasteiger partial charge < -0.3 is 9.47 Å². The molecular weight excluding hydrogens is 322 g/mol. The molecule has 3 rings (SSSR count). The highest BCUT2D eigenvalue weighted by Crippen LogP contribution is 2.21. The molecule has 0 atom stereocenters. The van der Waals surface area contributed by atoms with Gasteiger partial charge in [-0.05, 0) is 30.2 Å². The summed E-state index contributed by atoms with van der Waals surface area (Å²) >= 11 is 5.77. The van der Waals surface area contributed by atoms with Crippen molar-refractivity contribution in [2.45, 2.75) is 25.9 Å². The Hall–Kier alpha value is -2.33. The largest absolute Gasteiger partial charge is 0.335 e. The Bertz CT molecular complexity index is 834. The van der Waals surface area contributed by atoms with Crippen molar-refractivity contribution in [1.82, 2.24) is 14.5 Å². The van der Waals surface area contributed by atoms with E-state index in [9.17, 15) is 4.79 Å². The Labute approximate surface area is 146 Å². The smallest absolute Gasteiger partial charge is 0.223 e. The maximum atomic E-state index is 11.9. The van der Waals surface area contributed by atoms with Gasteiger partial charge in [-0.3, -0.25) is 4.79 Å². The van der Waals surface area contributed by atoms with Gasteiger partial charge in [-0.25, -0.2) is 4.98 Å². The first-order valence-corrected chi connectivity index (χ1v) is 8.34. The molecule has 0 aliphatic carbocycles. The maximum Gasteiger partial charge on any atom is 0.223 e. The van der Waals surface area contributed by atoms with E-state index in [1.807, 2.05) is 35.2 Å². The van der Waals surface area contributed by atoms with Crippen molar-refractivity contribution in [3.63, 3.8) is 0 Å². The van der Waals surface area contributed by atoms with E-state index in [2.05, 4.69) is 17.7 Å². The zero-order chi connectivity index (χ0) is 17.1. The van der Waals surface area contributed by atoms with Gasteiger partial charge in [0, 0.05) is 24.5 Å². The van der Waals surface area contributed by atoms with Crippen LogP contribution in [0.25, 0.3) is 11.0 Å². The number of likely N-dealkylation sites (tertiary alicyclic amines) is 1. The molecule has 1 aliphatic rings. The van der Waals surface area contributed by atoms with Crippen LogP contribution in [0.2, 0.25) is 0 Å². The molecule has 124 valence electrons. The Kier molecular flexibility index (Phi) is 4.86. The summed E-state index contributed by atoms with van der Waals surface area (Å²) in [6, 6.07) is 7.98. The molecular formula is C19H20ClN3O. The number of imidazole rings is 1. The van der Waals surface area contributed by atoms with Crippen LogP contribution in [0.1, 0.15) is 18.7 Å². The number of para-hydroxylation sites is 2. The van der Waals surface area contributed by atoms with Gasteiger partial charge in [0.25, 0.3) is 0 Å². The number of fused-ring (bicyclic) bond motifs is 1. The summed E-state index contributed by atoms with van der Waals surface area (Å²) in [5.41, 5.74) is 2.87. The third kappa shape index (κ3) is 3.60. The van der Waals surface area contributed by atoms with Crippen LogP contribution in [0.3, 0.4) is 0 Å². The lowest BCUT2D eigenvalue weighted by Crippen LogP contribution is -2.26. The molecule has 0 saturated carbocycles. The van der Waals surface area contributed by atoms with E-state index in [4.69, 9.17) is 16.6 Å². The fraction of sp³-hybridized carbons (Fsp3) is 0.263. The van der Waals surface area contributed by atoms with Gasteiger partial charge in [-0.2, -0.15) is 0 Å². The number of rotatable bonds is 6. The van der Waals surface area contributed by atoms with Crippen molar-refractivity contribution in [3.8, 4) is 0 Å². The highest BCUT2D eigenvalue weighted by atomic mass is 35.5. The van der Waals surface area contributed by atoms with Crippen LogP contribution in [-0.2, 0) is 17.9 Å². The van der Waals surface area contributed by atoms with Crippen molar-refractivity contribution >= 4 is 28.5 Å². The molecule has 2 aromatic rings. The lowest BCUT2D eigenvalue weighted by Gasteiger charge is -2.16. The van der Waals surface area contributed by atoms with Crippen LogP contribution >= 0.6 is 11.6 Å². The van der Waals surface area contributed by atoms with Crippen LogP contribution in [-0.4, -0.2) is 26.9 Å². The predicted molar refractivity (Wildman–Crippen MR) is 97.7 cm³/mol. The van der Waals surface area contributed by atoms with E-state index < -0.39 is 0 Å². The average molecular weight is 342 g/mol. The zero-order valence-corrected chi connectivity index (χ0v) is 14.3. The molecule has 5 heteroatoms. The number of carbonyl (C=O) groups is 1. The van der Waals surface area contributed by atoms with Gasteiger partial charge >= 0.3 is 0 Å². The predicted octanol–water partition coefficient (Wildman–Crippen LogP) is 4.02. The zero-order valence-electron chi connectivity index (χ0n) is 13.5. The van der Waals surface area contributed by atoms with Crippen LogP contribution in [0.15, 0.2) is 60.2 Å². The fourth-order valence-corrected chi connectivity index (χ4v) is 2.99. The average Bonchev–Trinajstić information content (AvgIpc) is 3.10. The molecule has 0 bridgehead atoms.